The molecule has 2 N–H and O–H groups in total. The topological polar surface area (TPSA) is 92.3 Å². The maximum Gasteiger partial charge on any atom is 0.304 e. The lowest BCUT2D eigenvalue weighted by Crippen LogP contribution is -2.09. The number of carboxylic acids is 1. The lowest BCUT2D eigenvalue weighted by atomic mass is 10.0. The third-order valence-electron chi connectivity index (χ3n) is 3.62. The van der Waals surface area contributed by atoms with Gasteiger partial charge in [-0.3, -0.25) is 9.59 Å². The van der Waals surface area contributed by atoms with Crippen molar-refractivity contribution in [2.45, 2.75) is 18.5 Å². The number of aromatic amines is 1. The number of thioether (sulfide) groups is 1. The predicted octanol–water partition coefficient (Wildman–Crippen LogP) is 3.54. The number of methoxy groups -OCH3 is 1. The van der Waals surface area contributed by atoms with Crippen LogP contribution in [0, 0.1) is 6.92 Å². The highest BCUT2D eigenvalue weighted by Gasteiger charge is 2.16. The predicted molar refractivity (Wildman–Crippen MR) is 99.9 cm³/mol. The molecule has 130 valence electrons. The molecule has 0 amide bonds. The summed E-state index contributed by atoms with van der Waals surface area (Å²) in [5, 5.41) is 11.6. The lowest BCUT2D eigenvalue weighted by molar-refractivity contribution is -0.136. The molecule has 3 aromatic rings. The van der Waals surface area contributed by atoms with Gasteiger partial charge in [-0.1, -0.05) is 23.4 Å². The van der Waals surface area contributed by atoms with E-state index in [2.05, 4.69) is 9.97 Å². The summed E-state index contributed by atoms with van der Waals surface area (Å²) >= 11 is 2.61. The molecule has 0 aliphatic heterocycles. The summed E-state index contributed by atoms with van der Waals surface area (Å²) in [7, 11) is 1.60. The molecule has 8 heteroatoms. The number of ether oxygens (including phenoxy) is 1. The fourth-order valence-electron chi connectivity index (χ4n) is 2.46. The molecular weight excluding hydrogens is 360 g/mol. The van der Waals surface area contributed by atoms with Crippen molar-refractivity contribution in [2.75, 3.05) is 12.9 Å². The van der Waals surface area contributed by atoms with Crippen LogP contribution in [0.5, 0.6) is 5.75 Å². The lowest BCUT2D eigenvalue weighted by Gasteiger charge is -2.08. The third-order valence-corrected chi connectivity index (χ3v) is 5.37. The summed E-state index contributed by atoms with van der Waals surface area (Å²) in [5.41, 5.74) is 2.48. The summed E-state index contributed by atoms with van der Waals surface area (Å²) in [6.45, 7) is 1.98. The van der Waals surface area contributed by atoms with Crippen LogP contribution in [0.1, 0.15) is 12.0 Å². The zero-order valence-corrected chi connectivity index (χ0v) is 15.3. The van der Waals surface area contributed by atoms with Crippen LogP contribution in [-0.2, 0) is 4.79 Å². The minimum absolute atomic E-state index is 0.0165. The molecule has 2 heterocycles. The van der Waals surface area contributed by atoms with Crippen LogP contribution in [0.2, 0.25) is 0 Å². The summed E-state index contributed by atoms with van der Waals surface area (Å²) in [4.78, 5) is 31.0. The maximum absolute atomic E-state index is 12.6. The molecule has 0 fully saturated rings. The van der Waals surface area contributed by atoms with E-state index < -0.39 is 5.97 Å². The van der Waals surface area contributed by atoms with Crippen molar-refractivity contribution in [1.29, 1.82) is 0 Å². The third kappa shape index (κ3) is 3.69. The number of rotatable bonds is 6. The van der Waals surface area contributed by atoms with E-state index in [9.17, 15) is 9.59 Å². The van der Waals surface area contributed by atoms with E-state index in [1.54, 1.807) is 7.11 Å². The largest absolute Gasteiger partial charge is 0.496 e. The van der Waals surface area contributed by atoms with Crippen LogP contribution < -0.4 is 10.3 Å². The normalized spacial score (nSPS) is 11.0. The Morgan fingerprint density at radius 3 is 2.92 bits per heavy atom. The average molecular weight is 376 g/mol. The Bertz CT molecular complexity index is 994. The number of aromatic nitrogens is 2. The van der Waals surface area contributed by atoms with E-state index in [0.29, 0.717) is 26.9 Å². The van der Waals surface area contributed by atoms with Crippen LogP contribution in [0.4, 0.5) is 0 Å². The number of aliphatic carboxylic acids is 1. The Morgan fingerprint density at radius 1 is 1.40 bits per heavy atom. The number of H-pyrrole nitrogens is 1. The second kappa shape index (κ2) is 7.28. The molecule has 25 heavy (non-hydrogen) atoms. The highest BCUT2D eigenvalue weighted by Crippen LogP contribution is 2.37. The van der Waals surface area contributed by atoms with Gasteiger partial charge in [0.05, 0.1) is 18.9 Å². The number of nitrogens with one attached hydrogen (secondary N) is 1. The van der Waals surface area contributed by atoms with Crippen molar-refractivity contribution in [2.24, 2.45) is 0 Å². The van der Waals surface area contributed by atoms with Gasteiger partial charge in [0.2, 0.25) is 0 Å². The van der Waals surface area contributed by atoms with E-state index in [1.165, 1.54) is 23.1 Å². The van der Waals surface area contributed by atoms with Gasteiger partial charge in [-0.05, 0) is 19.1 Å². The smallest absolute Gasteiger partial charge is 0.304 e. The van der Waals surface area contributed by atoms with Gasteiger partial charge in [0.15, 0.2) is 5.16 Å². The number of thiophene rings is 1. The van der Waals surface area contributed by atoms with Gasteiger partial charge < -0.3 is 14.8 Å². The number of hydrogen-bond donors (Lipinski definition) is 2. The second-order valence-corrected chi connectivity index (χ2v) is 7.34. The van der Waals surface area contributed by atoms with Crippen molar-refractivity contribution in [3.63, 3.8) is 0 Å². The molecule has 2 aromatic heterocycles. The Kier molecular flexibility index (Phi) is 5.10. The number of carboxylic acid groups (broad SMARTS) is 1. The van der Waals surface area contributed by atoms with Gasteiger partial charge in [-0.15, -0.1) is 11.3 Å². The fourth-order valence-corrected chi connectivity index (χ4v) is 4.25. The van der Waals surface area contributed by atoms with E-state index in [-0.39, 0.29) is 12.0 Å². The quantitative estimate of drug-likeness (QED) is 0.505. The Morgan fingerprint density at radius 2 is 2.20 bits per heavy atom. The van der Waals surface area contributed by atoms with Gasteiger partial charge in [0, 0.05) is 22.3 Å². The summed E-state index contributed by atoms with van der Waals surface area (Å²) in [5.74, 6) is 0.179. The second-order valence-electron chi connectivity index (χ2n) is 5.40. The first-order valence-corrected chi connectivity index (χ1v) is 9.37. The van der Waals surface area contributed by atoms with Crippen LogP contribution in [0.15, 0.2) is 33.5 Å². The number of benzene rings is 1. The summed E-state index contributed by atoms with van der Waals surface area (Å²) in [6.07, 6.45) is 0.0165. The van der Waals surface area contributed by atoms with E-state index in [0.717, 1.165) is 16.7 Å². The summed E-state index contributed by atoms with van der Waals surface area (Å²) < 4.78 is 5.42. The van der Waals surface area contributed by atoms with Crippen molar-refractivity contribution in [1.82, 2.24) is 9.97 Å². The number of hydrogen-bond acceptors (Lipinski definition) is 6. The van der Waals surface area contributed by atoms with Crippen molar-refractivity contribution in [3.05, 3.63) is 39.5 Å². The van der Waals surface area contributed by atoms with Crippen LogP contribution >= 0.6 is 23.1 Å². The first-order valence-electron chi connectivity index (χ1n) is 7.50. The fraction of sp³-hybridized carbons (Fsp3) is 0.235. The molecule has 0 unspecified atom stereocenters. The number of nitrogens with zero attached hydrogens (tertiary/aromatic N) is 1. The highest BCUT2D eigenvalue weighted by atomic mass is 32.2. The Labute approximate surface area is 151 Å². The Hall–Kier alpha value is -2.32. The Balaban J connectivity index is 2.04. The van der Waals surface area contributed by atoms with E-state index in [4.69, 9.17) is 9.84 Å². The standard InChI is InChI=1S/C17H16N2O4S2/c1-9-3-4-12(23-2)10(7-9)11-8-25-16-14(11)15(22)18-17(19-16)24-6-5-13(20)21/h3-4,7-8H,5-6H2,1-2H3,(H,20,21)(H,18,19,22). The van der Waals surface area contributed by atoms with Gasteiger partial charge >= 0.3 is 5.97 Å². The molecule has 0 saturated heterocycles. The van der Waals surface area contributed by atoms with Gasteiger partial charge in [0.1, 0.15) is 10.6 Å². The van der Waals surface area contributed by atoms with Crippen molar-refractivity contribution < 1.29 is 14.6 Å². The number of carbonyl (C=O) groups is 1. The average Bonchev–Trinajstić information content (AvgIpc) is 2.99. The van der Waals surface area contributed by atoms with Crippen LogP contribution in [-0.4, -0.2) is 33.9 Å². The molecule has 0 spiro atoms. The molecule has 6 nitrogen and oxygen atoms in total. The monoisotopic (exact) mass is 376 g/mol. The summed E-state index contributed by atoms with van der Waals surface area (Å²) in [6, 6.07) is 5.82. The zero-order chi connectivity index (χ0) is 18.0. The molecule has 0 saturated carbocycles. The zero-order valence-electron chi connectivity index (χ0n) is 13.7. The van der Waals surface area contributed by atoms with Gasteiger partial charge in [0.25, 0.3) is 5.56 Å². The molecule has 0 aliphatic rings. The first-order chi connectivity index (χ1) is 12.0. The first kappa shape index (κ1) is 17.5. The van der Waals surface area contributed by atoms with E-state index in [1.807, 2.05) is 30.5 Å². The van der Waals surface area contributed by atoms with Gasteiger partial charge in [-0.2, -0.15) is 0 Å². The van der Waals surface area contributed by atoms with Crippen LogP contribution in [0.25, 0.3) is 21.3 Å². The minimum Gasteiger partial charge on any atom is -0.496 e. The molecule has 0 radical (unpaired) electrons. The van der Waals surface area contributed by atoms with Crippen LogP contribution in [0.3, 0.4) is 0 Å². The molecule has 1 aromatic carbocycles. The van der Waals surface area contributed by atoms with E-state index >= 15 is 0 Å². The molecular formula is C17H16N2O4S2. The molecule has 0 aliphatic carbocycles. The number of aryl methyl sites for hydroxylation is 1. The molecule has 0 atom stereocenters. The van der Waals surface area contributed by atoms with Crippen molar-refractivity contribution >= 4 is 39.3 Å². The van der Waals surface area contributed by atoms with Gasteiger partial charge in [-0.25, -0.2) is 4.98 Å². The SMILES string of the molecule is COc1ccc(C)cc1-c1csc2nc(SCCC(=O)O)[nH]c(=O)c12. The highest BCUT2D eigenvalue weighted by molar-refractivity contribution is 7.99. The maximum atomic E-state index is 12.6. The molecule has 3 rings (SSSR count). The minimum atomic E-state index is -0.874. The number of fused-ring (bicyclic) bond motifs is 1. The molecule has 0 bridgehead atoms. The van der Waals surface area contributed by atoms with Crippen molar-refractivity contribution in [3.8, 4) is 16.9 Å².